The number of nitrogens with zero attached hydrogens (tertiary/aromatic N) is 1. The summed E-state index contributed by atoms with van der Waals surface area (Å²) in [4.78, 5) is 11.8. The number of carbonyl (C=O) groups excluding carboxylic acids is 1. The van der Waals surface area contributed by atoms with Gasteiger partial charge >= 0.3 is 0 Å². The Hall–Kier alpha value is -1.76. The molecule has 4 heteroatoms. The first-order valence-electron chi connectivity index (χ1n) is 4.95. The Labute approximate surface area is 92.5 Å². The highest BCUT2D eigenvalue weighted by molar-refractivity contribution is 5.97. The molecule has 0 spiro atoms. The van der Waals surface area contributed by atoms with Gasteiger partial charge in [0, 0.05) is 24.0 Å². The van der Waals surface area contributed by atoms with E-state index in [2.05, 4.69) is 0 Å². The Morgan fingerprint density at radius 2 is 1.94 bits per heavy atom. The number of nitriles is 1. The molecule has 1 unspecified atom stereocenters. The van der Waals surface area contributed by atoms with Gasteiger partial charge in [0.1, 0.15) is 11.6 Å². The van der Waals surface area contributed by atoms with Crippen molar-refractivity contribution in [2.45, 2.75) is 19.8 Å². The van der Waals surface area contributed by atoms with Crippen molar-refractivity contribution in [1.29, 1.82) is 5.26 Å². The zero-order chi connectivity index (χ0) is 12.1. The van der Waals surface area contributed by atoms with Crippen LogP contribution in [0.1, 0.15) is 30.1 Å². The van der Waals surface area contributed by atoms with E-state index in [-0.39, 0.29) is 17.8 Å². The normalized spacial score (nSPS) is 11.9. The molecule has 1 aromatic rings. The number of halogens is 2. The first-order chi connectivity index (χ1) is 7.58. The van der Waals surface area contributed by atoms with Crippen molar-refractivity contribution >= 4 is 5.78 Å². The summed E-state index contributed by atoms with van der Waals surface area (Å²) in [7, 11) is 0. The number of Topliss-reactive ketones (excluding diaryl/α,β-unsaturated/α-hetero) is 1. The Morgan fingerprint density at radius 3 is 2.38 bits per heavy atom. The van der Waals surface area contributed by atoms with Gasteiger partial charge in [0.2, 0.25) is 0 Å². The highest BCUT2D eigenvalue weighted by Gasteiger charge is 2.19. The van der Waals surface area contributed by atoms with Gasteiger partial charge in [-0.15, -0.1) is 0 Å². The van der Waals surface area contributed by atoms with Crippen molar-refractivity contribution in [2.24, 2.45) is 5.92 Å². The summed E-state index contributed by atoms with van der Waals surface area (Å²) in [5, 5.41) is 8.52. The lowest BCUT2D eigenvalue weighted by atomic mass is 9.93. The predicted molar refractivity (Wildman–Crippen MR) is 54.7 cm³/mol. The molecule has 16 heavy (non-hydrogen) atoms. The van der Waals surface area contributed by atoms with E-state index in [4.69, 9.17) is 5.26 Å². The minimum Gasteiger partial charge on any atom is -0.294 e. The maximum absolute atomic E-state index is 12.9. The van der Waals surface area contributed by atoms with E-state index in [1.807, 2.05) is 6.07 Å². The molecular formula is C12H11F2NO. The van der Waals surface area contributed by atoms with Gasteiger partial charge in [-0.05, 0) is 18.6 Å². The summed E-state index contributed by atoms with van der Waals surface area (Å²) in [5.74, 6) is -2.45. The maximum atomic E-state index is 12.9. The maximum Gasteiger partial charge on any atom is 0.167 e. The van der Waals surface area contributed by atoms with Crippen LogP contribution < -0.4 is 0 Å². The molecule has 84 valence electrons. The average molecular weight is 223 g/mol. The van der Waals surface area contributed by atoms with E-state index in [9.17, 15) is 13.6 Å². The van der Waals surface area contributed by atoms with Gasteiger partial charge in [0.15, 0.2) is 5.78 Å². The molecule has 0 saturated carbocycles. The topological polar surface area (TPSA) is 40.9 Å². The smallest absolute Gasteiger partial charge is 0.167 e. The van der Waals surface area contributed by atoms with Crippen molar-refractivity contribution in [1.82, 2.24) is 0 Å². The number of hydrogen-bond donors (Lipinski definition) is 0. The standard InChI is InChI=1S/C12H11F2NO/c1-2-8(3-4-15)12(16)9-5-10(13)7-11(14)6-9/h5-8H,2-3H2,1H3. The van der Waals surface area contributed by atoms with Crippen molar-refractivity contribution in [3.05, 3.63) is 35.4 Å². The summed E-state index contributed by atoms with van der Waals surface area (Å²) >= 11 is 0. The second-order valence-electron chi connectivity index (χ2n) is 3.49. The third kappa shape index (κ3) is 2.86. The number of benzene rings is 1. The first-order valence-corrected chi connectivity index (χ1v) is 4.95. The SMILES string of the molecule is CCC(CC#N)C(=O)c1cc(F)cc(F)c1. The fourth-order valence-electron chi connectivity index (χ4n) is 1.46. The van der Waals surface area contributed by atoms with Crippen LogP contribution in [0.2, 0.25) is 0 Å². The van der Waals surface area contributed by atoms with Gasteiger partial charge in [-0.25, -0.2) is 8.78 Å². The van der Waals surface area contributed by atoms with E-state index < -0.39 is 17.6 Å². The molecule has 0 fully saturated rings. The van der Waals surface area contributed by atoms with Crippen LogP contribution in [-0.2, 0) is 0 Å². The molecule has 0 aliphatic carbocycles. The number of ketones is 1. The molecule has 0 amide bonds. The summed E-state index contributed by atoms with van der Waals surface area (Å²) in [6.45, 7) is 1.76. The first kappa shape index (κ1) is 12.3. The molecule has 1 rings (SSSR count). The summed E-state index contributed by atoms with van der Waals surface area (Å²) in [6.07, 6.45) is 0.540. The molecule has 0 aliphatic heterocycles. The summed E-state index contributed by atoms with van der Waals surface area (Å²) < 4.78 is 25.8. The van der Waals surface area contributed by atoms with Crippen molar-refractivity contribution in [2.75, 3.05) is 0 Å². The van der Waals surface area contributed by atoms with Crippen molar-refractivity contribution < 1.29 is 13.6 Å². The lowest BCUT2D eigenvalue weighted by Crippen LogP contribution is -2.14. The van der Waals surface area contributed by atoms with Crippen LogP contribution in [0.4, 0.5) is 8.78 Å². The molecule has 2 nitrogen and oxygen atoms in total. The number of hydrogen-bond acceptors (Lipinski definition) is 2. The van der Waals surface area contributed by atoms with E-state index in [1.54, 1.807) is 6.92 Å². The van der Waals surface area contributed by atoms with Crippen molar-refractivity contribution in [3.8, 4) is 6.07 Å². The fourth-order valence-corrected chi connectivity index (χ4v) is 1.46. The van der Waals surface area contributed by atoms with Crippen LogP contribution >= 0.6 is 0 Å². The van der Waals surface area contributed by atoms with Gasteiger partial charge < -0.3 is 0 Å². The number of rotatable bonds is 4. The van der Waals surface area contributed by atoms with E-state index in [0.29, 0.717) is 12.5 Å². The molecule has 0 aromatic heterocycles. The van der Waals surface area contributed by atoms with Crippen molar-refractivity contribution in [3.63, 3.8) is 0 Å². The lowest BCUT2D eigenvalue weighted by molar-refractivity contribution is 0.0917. The Kier molecular flexibility index (Phi) is 4.12. The molecule has 0 radical (unpaired) electrons. The Bertz CT molecular complexity index is 417. The molecular weight excluding hydrogens is 212 g/mol. The van der Waals surface area contributed by atoms with Gasteiger partial charge in [-0.1, -0.05) is 6.92 Å². The largest absolute Gasteiger partial charge is 0.294 e. The molecule has 0 heterocycles. The third-order valence-corrected chi connectivity index (χ3v) is 2.35. The van der Waals surface area contributed by atoms with E-state index >= 15 is 0 Å². The summed E-state index contributed by atoms with van der Waals surface area (Å²) in [5.41, 5.74) is -0.0143. The highest BCUT2D eigenvalue weighted by Crippen LogP contribution is 2.17. The third-order valence-electron chi connectivity index (χ3n) is 2.35. The predicted octanol–water partition coefficient (Wildman–Crippen LogP) is 3.09. The minimum absolute atomic E-state index is 0.0143. The van der Waals surface area contributed by atoms with Crippen LogP contribution in [0.5, 0.6) is 0 Å². The second-order valence-corrected chi connectivity index (χ2v) is 3.49. The summed E-state index contributed by atoms with van der Waals surface area (Å²) in [6, 6.07) is 4.58. The number of carbonyl (C=O) groups is 1. The molecule has 0 aliphatic rings. The molecule has 0 N–H and O–H groups in total. The lowest BCUT2D eigenvalue weighted by Gasteiger charge is -2.09. The minimum atomic E-state index is -0.782. The second kappa shape index (κ2) is 5.36. The van der Waals surface area contributed by atoms with E-state index in [0.717, 1.165) is 12.1 Å². The zero-order valence-corrected chi connectivity index (χ0v) is 8.84. The van der Waals surface area contributed by atoms with Gasteiger partial charge in [-0.3, -0.25) is 4.79 Å². The fraction of sp³-hybridized carbons (Fsp3) is 0.333. The Balaban J connectivity index is 2.99. The monoisotopic (exact) mass is 223 g/mol. The molecule has 0 saturated heterocycles. The van der Waals surface area contributed by atoms with E-state index in [1.165, 1.54) is 0 Å². The van der Waals surface area contributed by atoms with Crippen LogP contribution in [0.15, 0.2) is 18.2 Å². The Morgan fingerprint density at radius 1 is 1.38 bits per heavy atom. The average Bonchev–Trinajstić information content (AvgIpc) is 2.23. The molecule has 0 bridgehead atoms. The highest BCUT2D eigenvalue weighted by atomic mass is 19.1. The van der Waals surface area contributed by atoms with Crippen LogP contribution in [0, 0.1) is 28.9 Å². The van der Waals surface area contributed by atoms with Crippen LogP contribution in [0.25, 0.3) is 0 Å². The molecule has 1 atom stereocenters. The zero-order valence-electron chi connectivity index (χ0n) is 8.84. The van der Waals surface area contributed by atoms with Crippen LogP contribution in [0.3, 0.4) is 0 Å². The quantitative estimate of drug-likeness (QED) is 0.736. The molecule has 1 aromatic carbocycles. The van der Waals surface area contributed by atoms with Gasteiger partial charge in [0.05, 0.1) is 6.07 Å². The van der Waals surface area contributed by atoms with Crippen LogP contribution in [-0.4, -0.2) is 5.78 Å². The van der Waals surface area contributed by atoms with Gasteiger partial charge in [0.25, 0.3) is 0 Å². The van der Waals surface area contributed by atoms with Gasteiger partial charge in [-0.2, -0.15) is 5.26 Å².